The summed E-state index contributed by atoms with van der Waals surface area (Å²) in [7, 11) is 2.80. The second kappa shape index (κ2) is 11.9. The van der Waals surface area contributed by atoms with E-state index in [1.165, 1.54) is 0 Å². The molecule has 1 aromatic heterocycles. The highest BCUT2D eigenvalue weighted by Gasteiger charge is 2.37. The minimum atomic E-state index is -1.92. The van der Waals surface area contributed by atoms with Crippen LogP contribution in [-0.2, 0) is 15.8 Å². The Morgan fingerprint density at radius 2 is 1.69 bits per heavy atom. The number of aromatic nitrogens is 1. The molecule has 2 aromatic rings. The summed E-state index contributed by atoms with van der Waals surface area (Å²) in [6.45, 7) is 14.1. The van der Waals surface area contributed by atoms with Crippen molar-refractivity contribution in [3.05, 3.63) is 36.0 Å². The van der Waals surface area contributed by atoms with Gasteiger partial charge in [0.05, 0.1) is 39.7 Å². The fourth-order valence-electron chi connectivity index (χ4n) is 3.36. The smallest absolute Gasteiger partial charge is 0.239 e. The van der Waals surface area contributed by atoms with Crippen molar-refractivity contribution in [3.63, 3.8) is 0 Å². The lowest BCUT2D eigenvalue weighted by Crippen LogP contribution is -2.46. The van der Waals surface area contributed by atoms with Crippen molar-refractivity contribution in [1.82, 2.24) is 9.88 Å². The largest absolute Gasteiger partial charge is 0.493 e. The summed E-state index contributed by atoms with van der Waals surface area (Å²) >= 11 is 0. The maximum absolute atomic E-state index is 12.9. The standard InChI is InChI=1S/C26H41N3O5Si/c1-18(27)25(30)29(12-13-34-35(8,9)26(2,3)4)17-19-10-11-28-21(14-19)20-15-22(31-5)24(33-7)23(16-20)32-6/h10-11,14-16,18H,12-13,17,27H2,1-9H3/t18-/m0/s1. The number of rotatable bonds is 11. The number of ether oxygens (including phenoxy) is 3. The Labute approximate surface area is 210 Å². The minimum Gasteiger partial charge on any atom is -0.493 e. The van der Waals surface area contributed by atoms with Gasteiger partial charge >= 0.3 is 0 Å². The molecule has 0 spiro atoms. The Kier molecular flexibility index (Phi) is 9.71. The number of nitrogens with two attached hydrogens (primary N) is 1. The van der Waals surface area contributed by atoms with Gasteiger partial charge in [0.2, 0.25) is 11.7 Å². The zero-order valence-corrected chi connectivity index (χ0v) is 23.6. The number of hydrogen-bond donors (Lipinski definition) is 1. The third-order valence-corrected chi connectivity index (χ3v) is 11.0. The van der Waals surface area contributed by atoms with Gasteiger partial charge in [-0.15, -0.1) is 0 Å². The summed E-state index contributed by atoms with van der Waals surface area (Å²) in [6.07, 6.45) is 1.73. The predicted molar refractivity (Wildman–Crippen MR) is 142 cm³/mol. The minimum absolute atomic E-state index is 0.101. The van der Waals surface area contributed by atoms with Crippen molar-refractivity contribution in [2.75, 3.05) is 34.5 Å². The summed E-state index contributed by atoms with van der Waals surface area (Å²) in [6, 6.07) is 6.96. The molecule has 8 nitrogen and oxygen atoms in total. The number of carbonyl (C=O) groups is 1. The summed E-state index contributed by atoms with van der Waals surface area (Å²) in [4.78, 5) is 19.2. The van der Waals surface area contributed by atoms with Crippen LogP contribution in [-0.4, -0.2) is 64.6 Å². The molecule has 0 saturated carbocycles. The van der Waals surface area contributed by atoms with Crippen LogP contribution < -0.4 is 19.9 Å². The fraction of sp³-hybridized carbons (Fsp3) is 0.538. The first-order chi connectivity index (χ1) is 16.3. The van der Waals surface area contributed by atoms with Crippen molar-refractivity contribution < 1.29 is 23.4 Å². The van der Waals surface area contributed by atoms with Gasteiger partial charge in [-0.3, -0.25) is 9.78 Å². The highest BCUT2D eigenvalue weighted by atomic mass is 28.4. The molecule has 0 aliphatic rings. The molecule has 35 heavy (non-hydrogen) atoms. The molecule has 0 fully saturated rings. The molecule has 0 aliphatic carbocycles. The Bertz CT molecular complexity index is 980. The van der Waals surface area contributed by atoms with Gasteiger partial charge in [-0.1, -0.05) is 20.8 Å². The summed E-state index contributed by atoms with van der Waals surface area (Å²) < 4.78 is 22.7. The van der Waals surface area contributed by atoms with Gasteiger partial charge < -0.3 is 29.3 Å². The van der Waals surface area contributed by atoms with E-state index in [9.17, 15) is 4.79 Å². The van der Waals surface area contributed by atoms with Crippen LogP contribution in [0.5, 0.6) is 17.2 Å². The normalized spacial score (nSPS) is 12.7. The molecule has 194 valence electrons. The molecule has 0 aliphatic heterocycles. The van der Waals surface area contributed by atoms with Crippen LogP contribution in [0, 0.1) is 0 Å². The molecular weight excluding hydrogens is 462 g/mol. The number of carbonyl (C=O) groups excluding carboxylic acids is 1. The lowest BCUT2D eigenvalue weighted by atomic mass is 10.1. The number of pyridine rings is 1. The third kappa shape index (κ3) is 7.19. The molecule has 2 rings (SSSR count). The van der Waals surface area contributed by atoms with Crippen LogP contribution in [0.4, 0.5) is 0 Å². The van der Waals surface area contributed by atoms with Gasteiger partial charge in [0, 0.05) is 24.8 Å². The zero-order chi connectivity index (χ0) is 26.4. The first-order valence-corrected chi connectivity index (χ1v) is 14.7. The molecule has 9 heteroatoms. The first-order valence-electron chi connectivity index (χ1n) is 11.8. The molecule has 0 radical (unpaired) electrons. The van der Waals surface area contributed by atoms with Gasteiger partial charge in [0.15, 0.2) is 19.8 Å². The van der Waals surface area contributed by atoms with Gasteiger partial charge in [0.1, 0.15) is 0 Å². The second-order valence-electron chi connectivity index (χ2n) is 10.1. The van der Waals surface area contributed by atoms with Gasteiger partial charge in [-0.05, 0) is 54.9 Å². The summed E-state index contributed by atoms with van der Waals surface area (Å²) in [5, 5.41) is 0.101. The highest BCUT2D eigenvalue weighted by molar-refractivity contribution is 6.74. The van der Waals surface area contributed by atoms with Gasteiger partial charge in [-0.25, -0.2) is 0 Å². The second-order valence-corrected chi connectivity index (χ2v) is 14.9. The quantitative estimate of drug-likeness (QED) is 0.452. The average molecular weight is 504 g/mol. The maximum atomic E-state index is 12.9. The van der Waals surface area contributed by atoms with Crippen LogP contribution in [0.2, 0.25) is 18.1 Å². The van der Waals surface area contributed by atoms with Crippen LogP contribution in [0.1, 0.15) is 33.3 Å². The van der Waals surface area contributed by atoms with Crippen LogP contribution in [0.25, 0.3) is 11.3 Å². The monoisotopic (exact) mass is 503 g/mol. The number of amides is 1. The van der Waals surface area contributed by atoms with E-state index in [1.807, 2.05) is 24.3 Å². The van der Waals surface area contributed by atoms with E-state index in [0.717, 1.165) is 16.8 Å². The van der Waals surface area contributed by atoms with E-state index in [0.29, 0.717) is 36.9 Å². The molecule has 1 aromatic carbocycles. The number of methoxy groups -OCH3 is 3. The van der Waals surface area contributed by atoms with E-state index in [-0.39, 0.29) is 10.9 Å². The number of benzene rings is 1. The zero-order valence-electron chi connectivity index (χ0n) is 22.6. The van der Waals surface area contributed by atoms with E-state index in [2.05, 4.69) is 38.8 Å². The Morgan fingerprint density at radius 1 is 1.09 bits per heavy atom. The van der Waals surface area contributed by atoms with Crippen LogP contribution >= 0.6 is 0 Å². The number of hydrogen-bond acceptors (Lipinski definition) is 7. The van der Waals surface area contributed by atoms with Crippen molar-refractivity contribution in [2.24, 2.45) is 5.73 Å². The van der Waals surface area contributed by atoms with Crippen molar-refractivity contribution in [1.29, 1.82) is 0 Å². The van der Waals surface area contributed by atoms with Crippen LogP contribution in [0.15, 0.2) is 30.5 Å². The predicted octanol–water partition coefficient (Wildman–Crippen LogP) is 4.47. The molecular formula is C26H41N3O5Si. The Balaban J connectivity index is 2.29. The summed E-state index contributed by atoms with van der Waals surface area (Å²) in [5.41, 5.74) is 8.43. The van der Waals surface area contributed by atoms with E-state index in [4.69, 9.17) is 24.4 Å². The molecule has 0 saturated heterocycles. The average Bonchev–Trinajstić information content (AvgIpc) is 2.81. The molecule has 1 heterocycles. The molecule has 0 bridgehead atoms. The molecule has 1 amide bonds. The topological polar surface area (TPSA) is 96.1 Å². The molecule has 1 atom stereocenters. The van der Waals surface area contributed by atoms with E-state index < -0.39 is 14.4 Å². The maximum Gasteiger partial charge on any atom is 0.239 e. The van der Waals surface area contributed by atoms with Gasteiger partial charge in [-0.2, -0.15) is 0 Å². The first kappa shape index (κ1) is 28.6. The van der Waals surface area contributed by atoms with Crippen LogP contribution in [0.3, 0.4) is 0 Å². The Hall–Kier alpha value is -2.62. The van der Waals surface area contributed by atoms with E-state index in [1.54, 1.807) is 39.3 Å². The summed E-state index contributed by atoms with van der Waals surface area (Å²) in [5.74, 6) is 1.50. The van der Waals surface area contributed by atoms with Crippen molar-refractivity contribution >= 4 is 14.2 Å². The van der Waals surface area contributed by atoms with Crippen molar-refractivity contribution in [2.45, 2.75) is 58.4 Å². The molecule has 2 N–H and O–H groups in total. The number of nitrogens with zero attached hydrogens (tertiary/aromatic N) is 2. The Morgan fingerprint density at radius 3 is 2.17 bits per heavy atom. The SMILES string of the molecule is COc1cc(-c2cc(CN(CCO[Si](C)(C)C(C)(C)C)C(=O)[C@H](C)N)ccn2)cc(OC)c1OC. The molecule has 0 unspecified atom stereocenters. The lowest BCUT2D eigenvalue weighted by molar-refractivity contribution is -0.133. The highest BCUT2D eigenvalue weighted by Crippen LogP contribution is 2.41. The lowest BCUT2D eigenvalue weighted by Gasteiger charge is -2.37. The van der Waals surface area contributed by atoms with Crippen molar-refractivity contribution in [3.8, 4) is 28.5 Å². The van der Waals surface area contributed by atoms with Gasteiger partial charge in [0.25, 0.3) is 0 Å². The third-order valence-electron chi connectivity index (χ3n) is 6.49. The fourth-order valence-corrected chi connectivity index (χ4v) is 4.40. The van der Waals surface area contributed by atoms with E-state index >= 15 is 0 Å².